The first kappa shape index (κ1) is 17.7. The molecule has 4 heteroatoms. The molecule has 2 rings (SSSR count). The summed E-state index contributed by atoms with van der Waals surface area (Å²) in [6.45, 7) is 7.77. The second kappa shape index (κ2) is 9.45. The fraction of sp³-hybridized carbons (Fsp3) is 0.667. The fourth-order valence-corrected chi connectivity index (χ4v) is 6.23. The van der Waals surface area contributed by atoms with Crippen LogP contribution >= 0.6 is 0 Å². The highest BCUT2D eigenvalue weighted by molar-refractivity contribution is 6.81. The number of benzene rings is 1. The van der Waals surface area contributed by atoms with Crippen molar-refractivity contribution in [2.24, 2.45) is 5.92 Å². The van der Waals surface area contributed by atoms with E-state index in [1.165, 1.54) is 18.0 Å². The van der Waals surface area contributed by atoms with Crippen LogP contribution < -0.4 is 5.19 Å². The van der Waals surface area contributed by atoms with Crippen LogP contribution in [-0.2, 0) is 13.6 Å². The van der Waals surface area contributed by atoms with Gasteiger partial charge in [0.05, 0.1) is 13.2 Å². The number of hydrogen-bond acceptors (Lipinski definition) is 3. The van der Waals surface area contributed by atoms with Gasteiger partial charge < -0.3 is 13.6 Å². The molecule has 22 heavy (non-hydrogen) atoms. The summed E-state index contributed by atoms with van der Waals surface area (Å²) in [5, 5.41) is 1.28. The Hall–Kier alpha value is -0.683. The third kappa shape index (κ3) is 4.91. The third-order valence-electron chi connectivity index (χ3n) is 4.12. The van der Waals surface area contributed by atoms with E-state index in [0.717, 1.165) is 51.2 Å². The van der Waals surface area contributed by atoms with E-state index < -0.39 is 8.56 Å². The highest BCUT2D eigenvalue weighted by atomic mass is 28.4. The summed E-state index contributed by atoms with van der Waals surface area (Å²) >= 11 is 0. The Morgan fingerprint density at radius 1 is 1.05 bits per heavy atom. The van der Waals surface area contributed by atoms with Gasteiger partial charge in [0.1, 0.15) is 0 Å². The first-order valence-electron chi connectivity index (χ1n) is 8.72. The van der Waals surface area contributed by atoms with Crippen molar-refractivity contribution in [1.82, 2.24) is 0 Å². The molecule has 0 N–H and O–H groups in total. The zero-order valence-electron chi connectivity index (χ0n) is 14.1. The summed E-state index contributed by atoms with van der Waals surface area (Å²) in [7, 11) is -2.31. The molecule has 0 aromatic heterocycles. The smallest absolute Gasteiger partial charge is 0.372 e. The van der Waals surface area contributed by atoms with Gasteiger partial charge in [-0.25, -0.2) is 0 Å². The summed E-state index contributed by atoms with van der Waals surface area (Å²) in [4.78, 5) is 0. The molecule has 0 radical (unpaired) electrons. The van der Waals surface area contributed by atoms with Gasteiger partial charge in [-0.2, -0.15) is 0 Å². The topological polar surface area (TPSA) is 27.7 Å². The Kier molecular flexibility index (Phi) is 7.59. The van der Waals surface area contributed by atoms with Gasteiger partial charge in [-0.1, -0.05) is 50.6 Å². The zero-order valence-corrected chi connectivity index (χ0v) is 15.1. The van der Waals surface area contributed by atoms with Crippen molar-refractivity contribution < 1.29 is 13.6 Å². The lowest BCUT2D eigenvalue weighted by Crippen LogP contribution is -2.54. The highest BCUT2D eigenvalue weighted by Gasteiger charge is 2.39. The molecule has 0 spiro atoms. The molecule has 1 heterocycles. The Bertz CT molecular complexity index is 398. The van der Waals surface area contributed by atoms with Crippen LogP contribution in [0.2, 0.25) is 6.04 Å². The lowest BCUT2D eigenvalue weighted by atomic mass is 10.0. The molecule has 3 nitrogen and oxygen atoms in total. The molecule has 1 fully saturated rings. The summed E-state index contributed by atoms with van der Waals surface area (Å²) in [6.07, 6.45) is 4.47. The average molecular weight is 323 g/mol. The summed E-state index contributed by atoms with van der Waals surface area (Å²) in [6, 6.07) is 11.7. The van der Waals surface area contributed by atoms with Crippen LogP contribution in [-0.4, -0.2) is 35.0 Å². The predicted octanol–water partition coefficient (Wildman–Crippen LogP) is 3.62. The summed E-state index contributed by atoms with van der Waals surface area (Å²) in [5.74, 6) is 0.750. The molecule has 1 saturated heterocycles. The van der Waals surface area contributed by atoms with Crippen molar-refractivity contribution in [2.75, 3.05) is 26.4 Å². The van der Waals surface area contributed by atoms with Gasteiger partial charge in [0.25, 0.3) is 0 Å². The van der Waals surface area contributed by atoms with Crippen LogP contribution in [0.5, 0.6) is 0 Å². The van der Waals surface area contributed by atoms with Crippen molar-refractivity contribution in [1.29, 1.82) is 0 Å². The van der Waals surface area contributed by atoms with E-state index in [1.54, 1.807) is 0 Å². The first-order chi connectivity index (χ1) is 10.8. The molecule has 1 aromatic carbocycles. The Labute approximate surface area is 136 Å². The van der Waals surface area contributed by atoms with E-state index in [2.05, 4.69) is 44.2 Å². The molecule has 1 aliphatic rings. The normalized spacial score (nSPS) is 15.7. The standard InChI is InChI=1S/C18H30O3Si/c1-3-12-20-22(21-13-4-2,18-10-6-5-7-11-18)14-8-9-17-15-19-16-17/h5-7,10-11,17H,3-4,8-9,12-16H2,1-2H3. The van der Waals surface area contributed by atoms with E-state index in [1.807, 2.05) is 0 Å². The van der Waals surface area contributed by atoms with Crippen LogP contribution in [0.3, 0.4) is 0 Å². The van der Waals surface area contributed by atoms with Crippen LogP contribution in [0.4, 0.5) is 0 Å². The molecule has 0 amide bonds. The van der Waals surface area contributed by atoms with Crippen molar-refractivity contribution >= 4 is 13.7 Å². The molecule has 0 aliphatic carbocycles. The SMILES string of the molecule is CCCO[Si](CCCC1COC1)(OCCC)c1ccccc1. The molecule has 0 saturated carbocycles. The maximum atomic E-state index is 6.39. The fourth-order valence-electron chi connectivity index (χ4n) is 2.80. The molecule has 1 aromatic rings. The molecular weight excluding hydrogens is 292 g/mol. The second-order valence-electron chi connectivity index (χ2n) is 6.11. The number of ether oxygens (including phenoxy) is 1. The Balaban J connectivity index is 2.06. The average Bonchev–Trinajstić information content (AvgIpc) is 2.52. The third-order valence-corrected chi connectivity index (χ3v) is 7.68. The monoisotopic (exact) mass is 322 g/mol. The maximum Gasteiger partial charge on any atom is 0.372 e. The minimum Gasteiger partial charge on any atom is -0.391 e. The van der Waals surface area contributed by atoms with Crippen LogP contribution in [0.15, 0.2) is 30.3 Å². The van der Waals surface area contributed by atoms with Gasteiger partial charge in [0.15, 0.2) is 0 Å². The largest absolute Gasteiger partial charge is 0.391 e. The van der Waals surface area contributed by atoms with Gasteiger partial charge in [0, 0.05) is 19.1 Å². The van der Waals surface area contributed by atoms with E-state index in [4.69, 9.17) is 13.6 Å². The number of rotatable bonds is 11. The van der Waals surface area contributed by atoms with Crippen molar-refractivity contribution in [3.05, 3.63) is 30.3 Å². The van der Waals surface area contributed by atoms with E-state index in [0.29, 0.717) is 0 Å². The summed E-state index contributed by atoms with van der Waals surface area (Å²) < 4.78 is 18.1. The van der Waals surface area contributed by atoms with Crippen molar-refractivity contribution in [3.63, 3.8) is 0 Å². The van der Waals surface area contributed by atoms with Crippen molar-refractivity contribution in [2.45, 2.75) is 45.6 Å². The molecule has 124 valence electrons. The molecule has 0 bridgehead atoms. The second-order valence-corrected chi connectivity index (χ2v) is 9.27. The molecule has 1 aliphatic heterocycles. The Morgan fingerprint density at radius 3 is 2.18 bits per heavy atom. The molecular formula is C18H30O3Si. The van der Waals surface area contributed by atoms with Gasteiger partial charge in [-0.05, 0) is 30.5 Å². The zero-order chi connectivity index (χ0) is 15.7. The molecule has 0 atom stereocenters. The minimum absolute atomic E-state index is 0.750. The minimum atomic E-state index is -2.31. The van der Waals surface area contributed by atoms with Crippen LogP contribution in [0.1, 0.15) is 39.5 Å². The van der Waals surface area contributed by atoms with Crippen molar-refractivity contribution in [3.8, 4) is 0 Å². The first-order valence-corrected chi connectivity index (χ1v) is 10.7. The predicted molar refractivity (Wildman–Crippen MR) is 92.7 cm³/mol. The van der Waals surface area contributed by atoms with Gasteiger partial charge in [-0.3, -0.25) is 0 Å². The Morgan fingerprint density at radius 2 is 1.68 bits per heavy atom. The van der Waals surface area contributed by atoms with E-state index >= 15 is 0 Å². The lowest BCUT2D eigenvalue weighted by molar-refractivity contribution is -0.0359. The lowest BCUT2D eigenvalue weighted by Gasteiger charge is -2.32. The van der Waals surface area contributed by atoms with E-state index in [9.17, 15) is 0 Å². The van der Waals surface area contributed by atoms with Crippen LogP contribution in [0.25, 0.3) is 0 Å². The summed E-state index contributed by atoms with van der Waals surface area (Å²) in [5.41, 5.74) is 0. The van der Waals surface area contributed by atoms with Crippen LogP contribution in [0, 0.1) is 5.92 Å². The highest BCUT2D eigenvalue weighted by Crippen LogP contribution is 2.23. The van der Waals surface area contributed by atoms with Gasteiger partial charge >= 0.3 is 8.56 Å². The number of hydrogen-bond donors (Lipinski definition) is 0. The quantitative estimate of drug-likeness (QED) is 0.582. The maximum absolute atomic E-state index is 6.39. The van der Waals surface area contributed by atoms with Gasteiger partial charge in [0.2, 0.25) is 0 Å². The van der Waals surface area contributed by atoms with E-state index in [-0.39, 0.29) is 0 Å². The molecule has 0 unspecified atom stereocenters. The van der Waals surface area contributed by atoms with Gasteiger partial charge in [-0.15, -0.1) is 0 Å².